The Balaban J connectivity index is 2.03. The molecule has 74 valence electrons. The molecule has 0 bridgehead atoms. The van der Waals surface area contributed by atoms with Gasteiger partial charge in [-0.15, -0.1) is 0 Å². The minimum absolute atomic E-state index is 0.284. The van der Waals surface area contributed by atoms with Crippen LogP contribution in [0.1, 0.15) is 0 Å². The summed E-state index contributed by atoms with van der Waals surface area (Å²) in [7, 11) is 0. The molecule has 13 heavy (non-hydrogen) atoms. The molecule has 0 aromatic rings. The van der Waals surface area contributed by atoms with Gasteiger partial charge in [-0.1, -0.05) is 12.2 Å². The van der Waals surface area contributed by atoms with Crippen molar-refractivity contribution in [3.05, 3.63) is 24.4 Å². The Morgan fingerprint density at radius 3 is 3.00 bits per heavy atom. The van der Waals surface area contributed by atoms with Gasteiger partial charge in [0.2, 0.25) is 0 Å². The number of allylic oxidation sites excluding steroid dienone is 2. The molecule has 0 amide bonds. The maximum Gasteiger partial charge on any atom is 0.154 e. The van der Waals surface area contributed by atoms with Crippen molar-refractivity contribution in [2.24, 2.45) is 0 Å². The zero-order valence-corrected chi connectivity index (χ0v) is 8.09. The Morgan fingerprint density at radius 2 is 2.38 bits per heavy atom. The van der Waals surface area contributed by atoms with Crippen molar-refractivity contribution in [3.63, 3.8) is 0 Å². The predicted octanol–water partition coefficient (Wildman–Crippen LogP) is -0.161. The molecule has 0 aromatic heterocycles. The predicted molar refractivity (Wildman–Crippen MR) is 53.7 cm³/mol. The third kappa shape index (κ3) is 4.82. The molecular formula is C8H14N2O2S. The summed E-state index contributed by atoms with van der Waals surface area (Å²) in [5.41, 5.74) is 0. The largest absolute Gasteiger partial charge is 0.383 e. The van der Waals surface area contributed by atoms with Crippen molar-refractivity contribution >= 4 is 11.1 Å². The fourth-order valence-electron chi connectivity index (χ4n) is 1.03. The van der Waals surface area contributed by atoms with E-state index in [0.29, 0.717) is 6.54 Å². The van der Waals surface area contributed by atoms with E-state index in [-0.39, 0.29) is 11.8 Å². The van der Waals surface area contributed by atoms with E-state index < -0.39 is 11.1 Å². The zero-order valence-electron chi connectivity index (χ0n) is 7.27. The highest BCUT2D eigenvalue weighted by Gasteiger charge is 2.02. The highest BCUT2D eigenvalue weighted by atomic mass is 32.2. The van der Waals surface area contributed by atoms with Crippen molar-refractivity contribution in [2.75, 3.05) is 18.8 Å². The summed E-state index contributed by atoms with van der Waals surface area (Å²) in [6.07, 6.45) is 7.84. The Hall–Kier alpha value is -0.650. The first kappa shape index (κ1) is 10.4. The average Bonchev–Trinajstić information content (AvgIpc) is 2.14. The van der Waals surface area contributed by atoms with Crippen LogP contribution in [0.2, 0.25) is 0 Å². The quantitative estimate of drug-likeness (QED) is 0.428. The minimum Gasteiger partial charge on any atom is -0.383 e. The van der Waals surface area contributed by atoms with Crippen molar-refractivity contribution in [1.82, 2.24) is 10.6 Å². The van der Waals surface area contributed by atoms with Crippen molar-refractivity contribution in [3.8, 4) is 0 Å². The molecule has 2 unspecified atom stereocenters. The molecule has 0 spiro atoms. The van der Waals surface area contributed by atoms with E-state index in [1.165, 1.54) is 0 Å². The lowest BCUT2D eigenvalue weighted by Crippen LogP contribution is -2.36. The van der Waals surface area contributed by atoms with E-state index in [4.69, 9.17) is 4.55 Å². The summed E-state index contributed by atoms with van der Waals surface area (Å²) < 4.78 is 18.8. The van der Waals surface area contributed by atoms with Crippen LogP contribution in [0.4, 0.5) is 0 Å². The monoisotopic (exact) mass is 202 g/mol. The molecule has 0 aliphatic carbocycles. The van der Waals surface area contributed by atoms with Gasteiger partial charge in [0.15, 0.2) is 11.1 Å². The average molecular weight is 202 g/mol. The Kier molecular flexibility index (Phi) is 4.74. The molecule has 4 nitrogen and oxygen atoms in total. The van der Waals surface area contributed by atoms with E-state index in [2.05, 4.69) is 10.6 Å². The first-order chi connectivity index (χ1) is 6.29. The van der Waals surface area contributed by atoms with Gasteiger partial charge in [-0.3, -0.25) is 0 Å². The van der Waals surface area contributed by atoms with Crippen molar-refractivity contribution < 1.29 is 8.76 Å². The second kappa shape index (κ2) is 5.90. The van der Waals surface area contributed by atoms with Crippen LogP contribution < -0.4 is 10.6 Å². The molecule has 0 aromatic carbocycles. The number of hydrogen-bond acceptors (Lipinski definition) is 3. The Bertz CT molecular complexity index is 228. The number of nitrogens with one attached hydrogen (secondary N) is 2. The molecule has 1 aliphatic rings. The van der Waals surface area contributed by atoms with Gasteiger partial charge in [-0.2, -0.15) is 0 Å². The molecule has 3 N–H and O–H groups in total. The highest BCUT2D eigenvalue weighted by Crippen LogP contribution is 1.92. The molecule has 1 aliphatic heterocycles. The van der Waals surface area contributed by atoms with Crippen LogP contribution in [0, 0.1) is 0 Å². The summed E-state index contributed by atoms with van der Waals surface area (Å²) in [5, 5.41) is 6.22. The smallest absolute Gasteiger partial charge is 0.154 e. The van der Waals surface area contributed by atoms with Gasteiger partial charge in [0, 0.05) is 13.1 Å². The maximum atomic E-state index is 10.3. The second-order valence-electron chi connectivity index (χ2n) is 2.75. The van der Waals surface area contributed by atoms with Crippen LogP contribution in [-0.4, -0.2) is 33.6 Å². The van der Waals surface area contributed by atoms with Crippen LogP contribution in [0.25, 0.3) is 0 Å². The van der Waals surface area contributed by atoms with Crippen LogP contribution >= 0.6 is 0 Å². The summed E-state index contributed by atoms with van der Waals surface area (Å²) in [6, 6.07) is 0.289. The van der Waals surface area contributed by atoms with Gasteiger partial charge in [0.05, 0.1) is 11.8 Å². The van der Waals surface area contributed by atoms with Crippen molar-refractivity contribution in [1.29, 1.82) is 0 Å². The van der Waals surface area contributed by atoms with Gasteiger partial charge >= 0.3 is 0 Å². The van der Waals surface area contributed by atoms with E-state index >= 15 is 0 Å². The van der Waals surface area contributed by atoms with Gasteiger partial charge < -0.3 is 15.2 Å². The first-order valence-corrected chi connectivity index (χ1v) is 5.44. The zero-order chi connectivity index (χ0) is 9.52. The van der Waals surface area contributed by atoms with Crippen LogP contribution in [0.15, 0.2) is 24.4 Å². The normalized spacial score (nSPS) is 22.7. The van der Waals surface area contributed by atoms with Gasteiger partial charge in [0.1, 0.15) is 0 Å². The van der Waals surface area contributed by atoms with E-state index in [0.717, 1.165) is 6.54 Å². The van der Waals surface area contributed by atoms with Gasteiger partial charge in [0.25, 0.3) is 0 Å². The fourth-order valence-corrected chi connectivity index (χ4v) is 1.35. The maximum absolute atomic E-state index is 10.3. The number of rotatable bonds is 5. The third-order valence-corrected chi connectivity index (χ3v) is 2.23. The summed E-state index contributed by atoms with van der Waals surface area (Å²) in [5.74, 6) is 0.284. The second-order valence-corrected chi connectivity index (χ2v) is 3.80. The lowest BCUT2D eigenvalue weighted by atomic mass is 10.2. The first-order valence-electron chi connectivity index (χ1n) is 4.16. The third-order valence-electron chi connectivity index (χ3n) is 1.68. The minimum atomic E-state index is -1.69. The van der Waals surface area contributed by atoms with E-state index in [1.807, 2.05) is 24.4 Å². The topological polar surface area (TPSA) is 61.4 Å². The summed E-state index contributed by atoms with van der Waals surface area (Å²) >= 11 is -1.69. The van der Waals surface area contributed by atoms with E-state index in [9.17, 15) is 4.21 Å². The molecule has 0 saturated carbocycles. The van der Waals surface area contributed by atoms with Gasteiger partial charge in [-0.05, 0) is 12.3 Å². The molecule has 5 heteroatoms. The number of dihydropyridines is 1. The highest BCUT2D eigenvalue weighted by molar-refractivity contribution is 7.79. The molecule has 1 heterocycles. The van der Waals surface area contributed by atoms with Crippen LogP contribution in [-0.2, 0) is 11.1 Å². The lowest BCUT2D eigenvalue weighted by molar-refractivity contribution is 0.554. The molecule has 1 rings (SSSR count). The summed E-state index contributed by atoms with van der Waals surface area (Å²) in [4.78, 5) is 0. The van der Waals surface area contributed by atoms with Gasteiger partial charge in [-0.25, -0.2) is 4.21 Å². The molecule has 0 saturated heterocycles. The summed E-state index contributed by atoms with van der Waals surface area (Å²) in [6.45, 7) is 1.34. The SMILES string of the molecule is O=S(O)CCNCC1C=CC=CN1. The Morgan fingerprint density at radius 1 is 1.54 bits per heavy atom. The van der Waals surface area contributed by atoms with Crippen molar-refractivity contribution in [2.45, 2.75) is 6.04 Å². The fraction of sp³-hybridized carbons (Fsp3) is 0.500. The standard InChI is InChI=1S/C8H14N2O2S/c11-13(12)6-5-9-7-8-3-1-2-4-10-8/h1-4,8-10H,5-7H2,(H,11,12). The number of hydrogen-bond donors (Lipinski definition) is 3. The molecule has 0 radical (unpaired) electrons. The lowest BCUT2D eigenvalue weighted by Gasteiger charge is -2.15. The van der Waals surface area contributed by atoms with Crippen LogP contribution in [0.5, 0.6) is 0 Å². The molecular weight excluding hydrogens is 188 g/mol. The van der Waals surface area contributed by atoms with Crippen LogP contribution in [0.3, 0.4) is 0 Å². The molecule has 0 fully saturated rings. The van der Waals surface area contributed by atoms with E-state index in [1.54, 1.807) is 0 Å². The Labute approximate surface area is 80.4 Å². The molecule has 2 atom stereocenters.